The lowest BCUT2D eigenvalue weighted by Crippen LogP contribution is -2.28. The fourth-order valence-corrected chi connectivity index (χ4v) is 1.67. The Kier molecular flexibility index (Phi) is 3.42. The van der Waals surface area contributed by atoms with Gasteiger partial charge in [-0.05, 0) is 41.4 Å². The van der Waals surface area contributed by atoms with E-state index in [-0.39, 0.29) is 5.22 Å². The molecule has 90 valence electrons. The Labute approximate surface area is 101 Å². The average Bonchev–Trinajstić information content (AvgIpc) is 2.71. The Balaban J connectivity index is 2.38. The van der Waals surface area contributed by atoms with Gasteiger partial charge in [-0.15, -0.1) is 0 Å². The van der Waals surface area contributed by atoms with E-state index in [1.54, 1.807) is 12.1 Å². The van der Waals surface area contributed by atoms with Gasteiger partial charge >= 0.3 is 0 Å². The van der Waals surface area contributed by atoms with Gasteiger partial charge in [-0.25, -0.2) is 14.2 Å². The van der Waals surface area contributed by atoms with Gasteiger partial charge in [-0.2, -0.15) is 0 Å². The molecule has 1 atom stereocenters. The third-order valence-corrected chi connectivity index (χ3v) is 2.53. The highest BCUT2D eigenvalue weighted by atomic mass is 35.5. The van der Waals surface area contributed by atoms with Crippen LogP contribution in [0.5, 0.6) is 0 Å². The lowest BCUT2D eigenvalue weighted by molar-refractivity contribution is 0.449. The number of hydrogen-bond donors (Lipinski definition) is 2. The first kappa shape index (κ1) is 12.0. The van der Waals surface area contributed by atoms with E-state index in [1.165, 1.54) is 6.07 Å². The number of hydrazine groups is 1. The second kappa shape index (κ2) is 4.83. The Morgan fingerprint density at radius 3 is 2.47 bits per heavy atom. The van der Waals surface area contributed by atoms with Crippen LogP contribution >= 0.6 is 11.6 Å². The van der Waals surface area contributed by atoms with Crippen molar-refractivity contribution in [3.05, 3.63) is 58.5 Å². The number of benzene rings is 1. The minimum Gasteiger partial charge on any atom is -0.448 e. The molecule has 0 saturated carbocycles. The van der Waals surface area contributed by atoms with Crippen molar-refractivity contribution >= 4 is 11.6 Å². The number of hydrogen-bond acceptors (Lipinski definition) is 3. The summed E-state index contributed by atoms with van der Waals surface area (Å²) < 4.78 is 31.1. The Hall–Kier alpha value is -1.43. The molecular formula is C11H9ClF2N2O. The molecule has 0 spiro atoms. The van der Waals surface area contributed by atoms with Gasteiger partial charge in [0.15, 0.2) is 16.9 Å². The van der Waals surface area contributed by atoms with Gasteiger partial charge in [-0.3, -0.25) is 5.84 Å². The van der Waals surface area contributed by atoms with Crippen LogP contribution in [0.15, 0.2) is 34.7 Å². The predicted octanol–water partition coefficient (Wildman–Crippen LogP) is 2.76. The number of rotatable bonds is 3. The van der Waals surface area contributed by atoms with Crippen LogP contribution in [0.2, 0.25) is 5.22 Å². The minimum absolute atomic E-state index is 0.197. The standard InChI is InChI=1S/C11H9ClF2N2O/c12-10-4-3-9(17-10)11(16-15)6-1-2-7(13)8(14)5-6/h1-5,11,16H,15H2. The summed E-state index contributed by atoms with van der Waals surface area (Å²) >= 11 is 5.64. The molecule has 0 amide bonds. The van der Waals surface area contributed by atoms with E-state index < -0.39 is 17.7 Å². The van der Waals surface area contributed by atoms with Crippen LogP contribution in [0.3, 0.4) is 0 Å². The number of furan rings is 1. The molecule has 1 aromatic carbocycles. The van der Waals surface area contributed by atoms with Crippen LogP contribution in [0.1, 0.15) is 17.4 Å². The summed E-state index contributed by atoms with van der Waals surface area (Å²) in [6.45, 7) is 0. The average molecular weight is 259 g/mol. The maximum atomic E-state index is 13.1. The normalized spacial score (nSPS) is 12.7. The van der Waals surface area contributed by atoms with Crippen LogP contribution in [-0.2, 0) is 0 Å². The van der Waals surface area contributed by atoms with Gasteiger partial charge in [0.1, 0.15) is 11.8 Å². The molecule has 1 heterocycles. The largest absolute Gasteiger partial charge is 0.448 e. The summed E-state index contributed by atoms with van der Waals surface area (Å²) in [6, 6.07) is 6.06. The van der Waals surface area contributed by atoms with Gasteiger partial charge in [0.2, 0.25) is 0 Å². The maximum absolute atomic E-state index is 13.1. The van der Waals surface area contributed by atoms with Crippen molar-refractivity contribution < 1.29 is 13.2 Å². The molecule has 2 aromatic rings. The third kappa shape index (κ3) is 2.46. The van der Waals surface area contributed by atoms with E-state index >= 15 is 0 Å². The molecule has 0 radical (unpaired) electrons. The van der Waals surface area contributed by atoms with Crippen LogP contribution in [-0.4, -0.2) is 0 Å². The van der Waals surface area contributed by atoms with E-state index in [0.29, 0.717) is 11.3 Å². The molecule has 0 fully saturated rings. The van der Waals surface area contributed by atoms with Crippen molar-refractivity contribution in [1.82, 2.24) is 5.43 Å². The van der Waals surface area contributed by atoms with Gasteiger partial charge in [0, 0.05) is 0 Å². The molecule has 1 unspecified atom stereocenters. The van der Waals surface area contributed by atoms with Crippen molar-refractivity contribution in [2.75, 3.05) is 0 Å². The highest BCUT2D eigenvalue weighted by Crippen LogP contribution is 2.26. The Morgan fingerprint density at radius 1 is 1.18 bits per heavy atom. The van der Waals surface area contributed by atoms with Crippen molar-refractivity contribution in [3.8, 4) is 0 Å². The summed E-state index contributed by atoms with van der Waals surface area (Å²) in [5.74, 6) is 3.93. The quantitative estimate of drug-likeness (QED) is 0.657. The molecule has 0 aliphatic carbocycles. The summed E-state index contributed by atoms with van der Waals surface area (Å²) in [7, 11) is 0. The number of nitrogens with one attached hydrogen (secondary N) is 1. The molecule has 0 aliphatic heterocycles. The van der Waals surface area contributed by atoms with Crippen molar-refractivity contribution in [2.45, 2.75) is 6.04 Å². The van der Waals surface area contributed by atoms with Gasteiger partial charge in [0.25, 0.3) is 0 Å². The van der Waals surface area contributed by atoms with E-state index in [4.69, 9.17) is 21.9 Å². The van der Waals surface area contributed by atoms with Crippen LogP contribution in [0.4, 0.5) is 8.78 Å². The smallest absolute Gasteiger partial charge is 0.193 e. The highest BCUT2D eigenvalue weighted by molar-refractivity contribution is 6.28. The molecule has 17 heavy (non-hydrogen) atoms. The lowest BCUT2D eigenvalue weighted by Gasteiger charge is -2.13. The Morgan fingerprint density at radius 2 is 1.94 bits per heavy atom. The minimum atomic E-state index is -0.944. The number of nitrogens with two attached hydrogens (primary N) is 1. The first-order valence-electron chi connectivity index (χ1n) is 4.78. The second-order valence-corrected chi connectivity index (χ2v) is 3.79. The van der Waals surface area contributed by atoms with Crippen LogP contribution in [0, 0.1) is 11.6 Å². The molecule has 3 nitrogen and oxygen atoms in total. The lowest BCUT2D eigenvalue weighted by atomic mass is 10.1. The molecule has 3 N–H and O–H groups in total. The van der Waals surface area contributed by atoms with Gasteiger partial charge < -0.3 is 4.42 Å². The van der Waals surface area contributed by atoms with Crippen molar-refractivity contribution in [1.29, 1.82) is 0 Å². The third-order valence-electron chi connectivity index (χ3n) is 2.32. The zero-order chi connectivity index (χ0) is 12.4. The second-order valence-electron chi connectivity index (χ2n) is 3.42. The molecular weight excluding hydrogens is 250 g/mol. The van der Waals surface area contributed by atoms with E-state index in [2.05, 4.69) is 5.43 Å². The summed E-state index contributed by atoms with van der Waals surface area (Å²) in [4.78, 5) is 0. The first-order valence-corrected chi connectivity index (χ1v) is 5.16. The highest BCUT2D eigenvalue weighted by Gasteiger charge is 2.17. The molecule has 0 bridgehead atoms. The zero-order valence-electron chi connectivity index (χ0n) is 8.58. The molecule has 0 saturated heterocycles. The molecule has 2 rings (SSSR count). The molecule has 1 aromatic heterocycles. The van der Waals surface area contributed by atoms with E-state index in [1.807, 2.05) is 0 Å². The van der Waals surface area contributed by atoms with E-state index in [0.717, 1.165) is 12.1 Å². The topological polar surface area (TPSA) is 51.2 Å². The molecule has 6 heteroatoms. The van der Waals surface area contributed by atoms with Crippen molar-refractivity contribution in [2.24, 2.45) is 5.84 Å². The summed E-state index contributed by atoms with van der Waals surface area (Å²) in [6.07, 6.45) is 0. The van der Waals surface area contributed by atoms with Crippen LogP contribution in [0.25, 0.3) is 0 Å². The van der Waals surface area contributed by atoms with Gasteiger partial charge in [0.05, 0.1) is 0 Å². The monoisotopic (exact) mass is 258 g/mol. The van der Waals surface area contributed by atoms with Gasteiger partial charge in [-0.1, -0.05) is 6.07 Å². The maximum Gasteiger partial charge on any atom is 0.193 e. The van der Waals surface area contributed by atoms with E-state index in [9.17, 15) is 8.78 Å². The van der Waals surface area contributed by atoms with Crippen LogP contribution < -0.4 is 11.3 Å². The summed E-state index contributed by atoms with van der Waals surface area (Å²) in [5.41, 5.74) is 2.90. The van der Waals surface area contributed by atoms with Crippen molar-refractivity contribution in [3.63, 3.8) is 0 Å². The fraction of sp³-hybridized carbons (Fsp3) is 0.0909. The molecule has 0 aliphatic rings. The first-order chi connectivity index (χ1) is 8.11. The Bertz CT molecular complexity index is 530. The number of halogens is 3. The predicted molar refractivity (Wildman–Crippen MR) is 59.2 cm³/mol. The fourth-order valence-electron chi connectivity index (χ4n) is 1.52. The SMILES string of the molecule is NNC(c1ccc(F)c(F)c1)c1ccc(Cl)o1. The summed E-state index contributed by atoms with van der Waals surface area (Å²) in [5, 5.41) is 0.197. The zero-order valence-corrected chi connectivity index (χ0v) is 9.34.